The molecule has 0 saturated carbocycles. The summed E-state index contributed by atoms with van der Waals surface area (Å²) >= 11 is 0. The number of carbonyl (C=O) groups excluding carboxylic acids is 5. The number of carboxylic acids is 1. The first-order valence-corrected chi connectivity index (χ1v) is 20.0. The Balaban J connectivity index is 2.33. The highest BCUT2D eigenvalue weighted by Gasteiger charge is 2.40. The lowest BCUT2D eigenvalue weighted by Crippen LogP contribution is -2.61. The lowest BCUT2D eigenvalue weighted by Gasteiger charge is -2.33. The Morgan fingerprint density at radius 2 is 1.54 bits per heavy atom. The molecule has 5 amide bonds. The normalized spacial score (nSPS) is 16.3. The van der Waals surface area contributed by atoms with E-state index in [1.807, 2.05) is 27.7 Å². The first-order valence-electron chi connectivity index (χ1n) is 20.0. The molecule has 1 heterocycles. The first-order chi connectivity index (χ1) is 26.7. The van der Waals surface area contributed by atoms with Gasteiger partial charge in [-0.2, -0.15) is 0 Å². The zero-order chi connectivity index (χ0) is 42.9. The van der Waals surface area contributed by atoms with Gasteiger partial charge in [0, 0.05) is 32.0 Å². The quantitative estimate of drug-likeness (QED) is 0.0432. The molecular formula is C40H67N9O8. The van der Waals surface area contributed by atoms with Crippen molar-refractivity contribution in [1.29, 1.82) is 0 Å². The number of nitrogens with zero attached hydrogens (tertiary/aromatic N) is 2. The molecule has 11 N–H and O–H groups in total. The maximum Gasteiger partial charge on any atom is 0.326 e. The molecule has 320 valence electrons. The molecular weight excluding hydrogens is 734 g/mol. The molecule has 1 aliphatic rings. The number of hydrogen-bond donors (Lipinski definition) is 9. The fourth-order valence-electron chi connectivity index (χ4n) is 6.54. The van der Waals surface area contributed by atoms with Crippen LogP contribution in [0.4, 0.5) is 0 Å². The summed E-state index contributed by atoms with van der Waals surface area (Å²) in [5, 5.41) is 33.9. The lowest BCUT2D eigenvalue weighted by molar-refractivity contribution is -0.143. The SMILES string of the molecule is CC(C)C[C@H](NC(=O)[C@@H](NC(=O)[C@H](Cc1ccc(O)cc1)NC(=O)[C@@H]1CCCN1C(=O)[C@H](CCCN=C(N)N)NC(=O)CCCCNC(C)C)C(C)(C)C)C(=O)O. The highest BCUT2D eigenvalue weighted by atomic mass is 16.4. The van der Waals surface area contributed by atoms with Crippen molar-refractivity contribution in [3.8, 4) is 5.75 Å². The molecule has 0 bridgehead atoms. The van der Waals surface area contributed by atoms with Gasteiger partial charge >= 0.3 is 5.97 Å². The Kier molecular flexibility index (Phi) is 19.7. The third-order valence-corrected chi connectivity index (χ3v) is 9.55. The first kappa shape index (κ1) is 48.2. The minimum atomic E-state index is -1.23. The number of hydrogen-bond acceptors (Lipinski definition) is 9. The lowest BCUT2D eigenvalue weighted by atomic mass is 9.85. The summed E-state index contributed by atoms with van der Waals surface area (Å²) in [7, 11) is 0. The number of nitrogens with two attached hydrogens (primary N) is 2. The standard InChI is InChI=1S/C40H67N9O8/c1-24(2)22-30(38(56)57)47-36(54)33(40(5,6)7)48-34(52)29(23-26-15-17-27(50)18-16-26)46-35(53)31-13-11-21-49(31)37(55)28(12-10-20-44-39(41)42)45-32(51)14-8-9-19-43-25(3)4/h15-18,24-25,28-31,33,43,50H,8-14,19-23H2,1-7H3,(H,45,51)(H,46,53)(H,47,54)(H,48,52)(H,56,57)(H4,41,42,44)/t28-,29-,30-,31-,33+/m0/s1. The van der Waals surface area contributed by atoms with Crippen molar-refractivity contribution in [2.75, 3.05) is 19.6 Å². The van der Waals surface area contributed by atoms with Crippen LogP contribution in [-0.2, 0) is 35.2 Å². The second-order valence-electron chi connectivity index (χ2n) is 16.6. The summed E-state index contributed by atoms with van der Waals surface area (Å²) in [5.41, 5.74) is 10.7. The van der Waals surface area contributed by atoms with Gasteiger partial charge in [0.05, 0.1) is 0 Å². The Bertz CT molecular complexity index is 1520. The fraction of sp³-hybridized carbons (Fsp3) is 0.675. The molecule has 0 aliphatic carbocycles. The average Bonchev–Trinajstić information content (AvgIpc) is 3.61. The summed E-state index contributed by atoms with van der Waals surface area (Å²) < 4.78 is 0. The number of amides is 5. The van der Waals surface area contributed by atoms with Gasteiger partial charge in [0.25, 0.3) is 0 Å². The number of phenols is 1. The third kappa shape index (κ3) is 17.4. The molecule has 0 unspecified atom stereocenters. The third-order valence-electron chi connectivity index (χ3n) is 9.55. The molecule has 17 nitrogen and oxygen atoms in total. The number of benzene rings is 1. The van der Waals surface area contributed by atoms with Crippen molar-refractivity contribution < 1.29 is 39.0 Å². The number of phenolic OH excluding ortho intramolecular Hbond substituents is 1. The highest BCUT2D eigenvalue weighted by molar-refractivity contribution is 5.96. The summed E-state index contributed by atoms with van der Waals surface area (Å²) in [6.45, 7) is 14.2. The van der Waals surface area contributed by atoms with Gasteiger partial charge in [0.15, 0.2) is 5.96 Å². The van der Waals surface area contributed by atoms with E-state index < -0.39 is 65.2 Å². The number of carboxylic acid groups (broad SMARTS) is 1. The molecule has 5 atom stereocenters. The van der Waals surface area contributed by atoms with E-state index in [-0.39, 0.29) is 62.3 Å². The van der Waals surface area contributed by atoms with E-state index in [1.54, 1.807) is 32.9 Å². The van der Waals surface area contributed by atoms with Gasteiger partial charge < -0.3 is 53.2 Å². The van der Waals surface area contributed by atoms with Crippen LogP contribution in [0.3, 0.4) is 0 Å². The molecule has 0 aromatic heterocycles. The maximum atomic E-state index is 14.1. The van der Waals surface area contributed by atoms with Crippen molar-refractivity contribution in [2.45, 2.75) is 143 Å². The number of carbonyl (C=O) groups is 6. The Morgan fingerprint density at radius 1 is 0.877 bits per heavy atom. The Morgan fingerprint density at radius 3 is 2.12 bits per heavy atom. The van der Waals surface area contributed by atoms with Gasteiger partial charge in [0.2, 0.25) is 29.5 Å². The zero-order valence-corrected chi connectivity index (χ0v) is 34.7. The minimum absolute atomic E-state index is 0.00539. The van der Waals surface area contributed by atoms with Crippen LogP contribution in [0.15, 0.2) is 29.3 Å². The number of aromatic hydroxyl groups is 1. The number of aliphatic carboxylic acids is 1. The molecule has 2 rings (SSSR count). The van der Waals surface area contributed by atoms with E-state index in [0.717, 1.165) is 13.0 Å². The van der Waals surface area contributed by atoms with E-state index in [0.29, 0.717) is 37.3 Å². The fourth-order valence-corrected chi connectivity index (χ4v) is 6.54. The largest absolute Gasteiger partial charge is 0.508 e. The highest BCUT2D eigenvalue weighted by Crippen LogP contribution is 2.23. The van der Waals surface area contributed by atoms with E-state index in [9.17, 15) is 39.0 Å². The Labute approximate surface area is 336 Å². The number of rotatable bonds is 23. The van der Waals surface area contributed by atoms with Crippen LogP contribution in [0.25, 0.3) is 0 Å². The average molecular weight is 802 g/mol. The number of guanidine groups is 1. The Hall–Kier alpha value is -4.93. The van der Waals surface area contributed by atoms with E-state index >= 15 is 0 Å². The van der Waals surface area contributed by atoms with Crippen LogP contribution < -0.4 is 38.1 Å². The zero-order valence-electron chi connectivity index (χ0n) is 34.7. The van der Waals surface area contributed by atoms with E-state index in [1.165, 1.54) is 17.0 Å². The molecule has 1 aromatic carbocycles. The summed E-state index contributed by atoms with van der Waals surface area (Å²) in [6.07, 6.45) is 3.20. The summed E-state index contributed by atoms with van der Waals surface area (Å²) in [5.74, 6) is -4.03. The number of unbranched alkanes of at least 4 members (excludes halogenated alkanes) is 1. The van der Waals surface area contributed by atoms with E-state index in [2.05, 4.69) is 31.6 Å². The molecule has 1 aliphatic heterocycles. The van der Waals surface area contributed by atoms with E-state index in [4.69, 9.17) is 11.5 Å². The van der Waals surface area contributed by atoms with Crippen LogP contribution in [0.1, 0.15) is 105 Å². The smallest absolute Gasteiger partial charge is 0.326 e. The molecule has 57 heavy (non-hydrogen) atoms. The summed E-state index contributed by atoms with van der Waals surface area (Å²) in [6, 6.07) is 0.920. The minimum Gasteiger partial charge on any atom is -0.508 e. The molecule has 0 spiro atoms. The van der Waals surface area contributed by atoms with Crippen LogP contribution in [-0.4, -0.2) is 112 Å². The predicted molar refractivity (Wildman–Crippen MR) is 218 cm³/mol. The van der Waals surface area contributed by atoms with Crippen LogP contribution in [0.2, 0.25) is 0 Å². The van der Waals surface area contributed by atoms with Crippen LogP contribution >= 0.6 is 0 Å². The monoisotopic (exact) mass is 802 g/mol. The maximum absolute atomic E-state index is 14.1. The van der Waals surface area contributed by atoms with Gasteiger partial charge in [-0.1, -0.05) is 60.6 Å². The van der Waals surface area contributed by atoms with Crippen molar-refractivity contribution in [3.05, 3.63) is 29.8 Å². The van der Waals surface area contributed by atoms with Crippen LogP contribution in [0, 0.1) is 11.3 Å². The molecule has 17 heteroatoms. The van der Waals surface area contributed by atoms with Gasteiger partial charge in [-0.15, -0.1) is 0 Å². The van der Waals surface area contributed by atoms with Gasteiger partial charge in [0.1, 0.15) is 36.0 Å². The second kappa shape index (κ2) is 23.3. The van der Waals surface area contributed by atoms with Crippen molar-refractivity contribution in [3.63, 3.8) is 0 Å². The predicted octanol–water partition coefficient (Wildman–Crippen LogP) is 1.26. The molecule has 1 fully saturated rings. The number of aliphatic imine (C=N–C) groups is 1. The van der Waals surface area contributed by atoms with Crippen molar-refractivity contribution in [2.24, 2.45) is 27.8 Å². The van der Waals surface area contributed by atoms with Crippen molar-refractivity contribution >= 4 is 41.5 Å². The van der Waals surface area contributed by atoms with Gasteiger partial charge in [-0.25, -0.2) is 4.79 Å². The number of likely N-dealkylation sites (tertiary alicyclic amines) is 1. The summed E-state index contributed by atoms with van der Waals surface area (Å²) in [4.78, 5) is 86.2. The molecule has 1 aromatic rings. The van der Waals surface area contributed by atoms with Crippen LogP contribution in [0.5, 0.6) is 5.75 Å². The molecule has 1 saturated heterocycles. The number of nitrogens with one attached hydrogen (secondary N) is 5. The van der Waals surface area contributed by atoms with Gasteiger partial charge in [-0.05, 0) is 80.5 Å². The van der Waals surface area contributed by atoms with Gasteiger partial charge in [-0.3, -0.25) is 29.0 Å². The van der Waals surface area contributed by atoms with Crippen molar-refractivity contribution in [1.82, 2.24) is 31.5 Å². The second-order valence-corrected chi connectivity index (χ2v) is 16.6. The topological polar surface area (TPSA) is 271 Å². The molecule has 0 radical (unpaired) electrons.